The van der Waals surface area contributed by atoms with Crippen LogP contribution < -0.4 is 28.4 Å². The summed E-state index contributed by atoms with van der Waals surface area (Å²) in [5.74, 6) is 1.76. The third-order valence-electron chi connectivity index (χ3n) is 9.39. The Bertz CT molecular complexity index is 1740. The number of fused-ring (bicyclic) bond motifs is 2. The van der Waals surface area contributed by atoms with Crippen LogP contribution in [0.2, 0.25) is 0 Å². The molecule has 2 aromatic rings. The molecule has 2 aliphatic carbocycles. The number of carbonyl (C=O) groups is 4. The fraction of sp³-hybridized carbons (Fsp3) is 0.385. The van der Waals surface area contributed by atoms with Crippen LogP contribution in [0.1, 0.15) is 54.4 Å². The second-order valence-electron chi connectivity index (χ2n) is 12.4. The van der Waals surface area contributed by atoms with Crippen molar-refractivity contribution in [3.05, 3.63) is 69.8 Å². The first kappa shape index (κ1) is 35.3. The maximum Gasteiger partial charge on any atom is 0.256 e. The Kier molecular flexibility index (Phi) is 10.8. The smallest absolute Gasteiger partial charge is 0.256 e. The van der Waals surface area contributed by atoms with Gasteiger partial charge in [-0.15, -0.1) is 0 Å². The Morgan fingerprint density at radius 3 is 1.41 bits per heavy atom. The Morgan fingerprint density at radius 2 is 1.04 bits per heavy atom. The molecule has 2 heterocycles. The van der Waals surface area contributed by atoms with Gasteiger partial charge in [-0.25, -0.2) is 0 Å². The molecule has 2 aromatic carbocycles. The lowest BCUT2D eigenvalue weighted by Crippen LogP contribution is -2.39. The van der Waals surface area contributed by atoms with Crippen LogP contribution >= 0.6 is 0 Å². The molecule has 12 heteroatoms. The standard InChI is InChI=1S/C39H42N2O10/c1-46-30-22-26-20-24(38(44)40-16-7-5-10-32(40)42)12-14-28(26)34(48-3)36(30)50-18-9-19-51-37-31(47-2)23-27-21-25(13-15-29(27)35(37)49-4)39(45)41-17-8-6-11-33(41)43/h5-6,10-11,20-23H,7-9,12-19H2,1-4H3. The molecule has 268 valence electrons. The van der Waals surface area contributed by atoms with Crippen molar-refractivity contribution in [3.8, 4) is 34.5 Å². The third kappa shape index (κ3) is 7.08. The van der Waals surface area contributed by atoms with Crippen LogP contribution in [0, 0.1) is 0 Å². The van der Waals surface area contributed by atoms with Gasteiger partial charge >= 0.3 is 0 Å². The van der Waals surface area contributed by atoms with E-state index in [1.54, 1.807) is 52.7 Å². The van der Waals surface area contributed by atoms with Gasteiger partial charge < -0.3 is 28.4 Å². The maximum atomic E-state index is 13.2. The first-order valence-electron chi connectivity index (χ1n) is 17.1. The summed E-state index contributed by atoms with van der Waals surface area (Å²) in [6, 6.07) is 3.65. The molecule has 0 unspecified atom stereocenters. The zero-order valence-corrected chi connectivity index (χ0v) is 29.4. The normalized spacial score (nSPS) is 16.5. The third-order valence-corrected chi connectivity index (χ3v) is 9.39. The van der Waals surface area contributed by atoms with Gasteiger partial charge in [0.1, 0.15) is 0 Å². The van der Waals surface area contributed by atoms with Crippen LogP contribution in [0.15, 0.2) is 47.6 Å². The molecular formula is C39H42N2O10. The molecule has 0 saturated carbocycles. The van der Waals surface area contributed by atoms with E-state index in [1.807, 2.05) is 12.1 Å². The van der Waals surface area contributed by atoms with Crippen molar-refractivity contribution >= 4 is 35.8 Å². The minimum absolute atomic E-state index is 0.278. The second kappa shape index (κ2) is 15.6. The summed E-state index contributed by atoms with van der Waals surface area (Å²) in [5.41, 5.74) is 4.48. The van der Waals surface area contributed by atoms with Crippen molar-refractivity contribution in [1.29, 1.82) is 0 Å². The van der Waals surface area contributed by atoms with Crippen LogP contribution in [-0.4, -0.2) is 88.2 Å². The van der Waals surface area contributed by atoms with E-state index in [4.69, 9.17) is 28.4 Å². The molecule has 0 fully saturated rings. The first-order valence-corrected chi connectivity index (χ1v) is 17.1. The molecule has 0 saturated heterocycles. The SMILES string of the molecule is COc1cc2c(c(OC)c1OCCCOc1c(OC)cc3c(c1OC)CCC(C(=O)N1CCC=CC1=O)=C3)CCC(C(=O)N1CCC=CC1=O)=C2. The molecule has 6 rings (SSSR count). The van der Waals surface area contributed by atoms with Crippen molar-refractivity contribution in [2.24, 2.45) is 0 Å². The topological polar surface area (TPSA) is 130 Å². The highest BCUT2D eigenvalue weighted by Gasteiger charge is 2.31. The molecule has 0 aromatic heterocycles. The van der Waals surface area contributed by atoms with Gasteiger partial charge in [-0.05, 0) is 86.1 Å². The van der Waals surface area contributed by atoms with E-state index in [0.717, 1.165) is 22.3 Å². The molecule has 12 nitrogen and oxygen atoms in total. The number of ether oxygens (including phenoxy) is 6. The van der Waals surface area contributed by atoms with Crippen LogP contribution in [-0.2, 0) is 32.0 Å². The number of rotatable bonds is 12. The minimum atomic E-state index is -0.297. The summed E-state index contributed by atoms with van der Waals surface area (Å²) in [6.07, 6.45) is 13.8. The number of methoxy groups -OCH3 is 4. The molecule has 4 aliphatic rings. The molecule has 0 radical (unpaired) electrons. The lowest BCUT2D eigenvalue weighted by molar-refractivity contribution is -0.141. The largest absolute Gasteiger partial charge is 0.493 e. The monoisotopic (exact) mass is 698 g/mol. The average Bonchev–Trinajstić information content (AvgIpc) is 3.16. The summed E-state index contributed by atoms with van der Waals surface area (Å²) in [5, 5.41) is 0. The number of amides is 4. The molecule has 0 N–H and O–H groups in total. The number of benzene rings is 2. The van der Waals surface area contributed by atoms with E-state index in [1.165, 1.54) is 22.0 Å². The molecule has 4 amide bonds. The zero-order chi connectivity index (χ0) is 36.1. The van der Waals surface area contributed by atoms with Crippen molar-refractivity contribution in [2.75, 3.05) is 54.7 Å². The Labute approximate surface area is 296 Å². The summed E-state index contributed by atoms with van der Waals surface area (Å²) >= 11 is 0. The quantitative estimate of drug-likeness (QED) is 0.224. The second-order valence-corrected chi connectivity index (χ2v) is 12.4. The molecule has 0 bridgehead atoms. The molecule has 51 heavy (non-hydrogen) atoms. The van der Waals surface area contributed by atoms with E-state index in [9.17, 15) is 19.2 Å². The lowest BCUT2D eigenvalue weighted by Gasteiger charge is -2.26. The summed E-state index contributed by atoms with van der Waals surface area (Å²) < 4.78 is 35.4. The summed E-state index contributed by atoms with van der Waals surface area (Å²) in [6.45, 7) is 1.30. The van der Waals surface area contributed by atoms with E-state index in [2.05, 4.69) is 0 Å². The van der Waals surface area contributed by atoms with Crippen molar-refractivity contribution in [3.63, 3.8) is 0 Å². The van der Waals surface area contributed by atoms with Gasteiger partial charge in [-0.1, -0.05) is 12.2 Å². The van der Waals surface area contributed by atoms with Crippen molar-refractivity contribution < 1.29 is 47.6 Å². The van der Waals surface area contributed by atoms with Gasteiger partial charge in [0.15, 0.2) is 23.0 Å². The van der Waals surface area contributed by atoms with Crippen LogP contribution in [0.5, 0.6) is 34.5 Å². The van der Waals surface area contributed by atoms with Crippen LogP contribution in [0.4, 0.5) is 0 Å². The number of nitrogens with zero attached hydrogens (tertiary/aromatic N) is 2. The zero-order valence-electron chi connectivity index (χ0n) is 29.4. The van der Waals surface area contributed by atoms with Gasteiger partial charge in [-0.3, -0.25) is 29.0 Å². The summed E-state index contributed by atoms with van der Waals surface area (Å²) in [4.78, 5) is 53.5. The van der Waals surface area contributed by atoms with E-state index in [0.29, 0.717) is 104 Å². The maximum absolute atomic E-state index is 13.2. The van der Waals surface area contributed by atoms with Crippen molar-refractivity contribution in [2.45, 2.75) is 44.9 Å². The molecule has 2 aliphatic heterocycles. The minimum Gasteiger partial charge on any atom is -0.493 e. The Hall–Kier alpha value is -5.52. The number of hydrogen-bond acceptors (Lipinski definition) is 10. The average molecular weight is 699 g/mol. The van der Waals surface area contributed by atoms with E-state index < -0.39 is 0 Å². The van der Waals surface area contributed by atoms with E-state index in [-0.39, 0.29) is 36.8 Å². The number of hydrogen-bond donors (Lipinski definition) is 0. The molecule has 0 atom stereocenters. The van der Waals surface area contributed by atoms with E-state index >= 15 is 0 Å². The predicted octanol–water partition coefficient (Wildman–Crippen LogP) is 4.86. The molecule has 0 spiro atoms. The highest BCUT2D eigenvalue weighted by Crippen LogP contribution is 2.47. The van der Waals surface area contributed by atoms with Gasteiger partial charge in [0.05, 0.1) is 41.7 Å². The van der Waals surface area contributed by atoms with Crippen LogP contribution in [0.25, 0.3) is 12.2 Å². The fourth-order valence-corrected chi connectivity index (χ4v) is 6.84. The number of carbonyl (C=O) groups excluding carboxylic acids is 4. The van der Waals surface area contributed by atoms with Gasteiger partial charge in [0.2, 0.25) is 11.5 Å². The molecular weight excluding hydrogens is 656 g/mol. The highest BCUT2D eigenvalue weighted by atomic mass is 16.5. The van der Waals surface area contributed by atoms with Crippen molar-refractivity contribution in [1.82, 2.24) is 9.80 Å². The fourth-order valence-electron chi connectivity index (χ4n) is 6.84. The van der Waals surface area contributed by atoms with Crippen LogP contribution in [0.3, 0.4) is 0 Å². The lowest BCUT2D eigenvalue weighted by atomic mass is 9.90. The van der Waals surface area contributed by atoms with Gasteiger partial charge in [0, 0.05) is 41.8 Å². The summed E-state index contributed by atoms with van der Waals surface area (Å²) in [7, 11) is 6.23. The van der Waals surface area contributed by atoms with Gasteiger partial charge in [-0.2, -0.15) is 0 Å². The Balaban J connectivity index is 1.13. The first-order chi connectivity index (χ1) is 24.8. The highest BCUT2D eigenvalue weighted by molar-refractivity contribution is 6.11. The van der Waals surface area contributed by atoms with Gasteiger partial charge in [0.25, 0.3) is 23.6 Å². The Morgan fingerprint density at radius 1 is 0.608 bits per heavy atom. The number of imide groups is 2. The predicted molar refractivity (Wildman–Crippen MR) is 188 cm³/mol.